The van der Waals surface area contributed by atoms with Gasteiger partial charge in [0.15, 0.2) is 0 Å². The maximum absolute atomic E-state index is 5.24. The summed E-state index contributed by atoms with van der Waals surface area (Å²) < 4.78 is 5.24. The molecule has 0 radical (unpaired) electrons. The highest BCUT2D eigenvalue weighted by Gasteiger charge is 2.34. The Morgan fingerprint density at radius 1 is 0.957 bits per heavy atom. The van der Waals surface area contributed by atoms with Crippen LogP contribution in [0.25, 0.3) is 0 Å². The summed E-state index contributed by atoms with van der Waals surface area (Å²) in [7, 11) is 5.94. The molecule has 0 aliphatic carbocycles. The number of hydrogen-bond acceptors (Lipinski definition) is 3. The molecule has 0 saturated heterocycles. The first-order valence-electron chi connectivity index (χ1n) is 8.16. The lowest BCUT2D eigenvalue weighted by Crippen LogP contribution is -2.47. The van der Waals surface area contributed by atoms with Crippen molar-refractivity contribution in [2.75, 3.05) is 47.4 Å². The van der Waals surface area contributed by atoms with Crippen molar-refractivity contribution in [1.82, 2.24) is 10.2 Å². The van der Waals surface area contributed by atoms with Gasteiger partial charge in [0.2, 0.25) is 0 Å². The standard InChI is InChI=1S/C20H28N2O/c1-21-16-20(17-22(2)14-15-23-3,18-10-6-4-7-11-18)19-12-8-5-9-13-19/h4-13,21H,14-17H2,1-3H3. The van der Waals surface area contributed by atoms with E-state index < -0.39 is 0 Å². The van der Waals surface area contributed by atoms with Crippen molar-refractivity contribution in [3.63, 3.8) is 0 Å². The molecule has 0 spiro atoms. The summed E-state index contributed by atoms with van der Waals surface area (Å²) in [5.74, 6) is 0. The van der Waals surface area contributed by atoms with Crippen molar-refractivity contribution in [1.29, 1.82) is 0 Å². The number of nitrogens with one attached hydrogen (secondary N) is 1. The summed E-state index contributed by atoms with van der Waals surface area (Å²) in [6.45, 7) is 3.49. The van der Waals surface area contributed by atoms with E-state index in [1.54, 1.807) is 7.11 Å². The summed E-state index contributed by atoms with van der Waals surface area (Å²) in [6.07, 6.45) is 0. The van der Waals surface area contributed by atoms with Crippen LogP contribution in [0.5, 0.6) is 0 Å². The molecule has 2 aromatic rings. The summed E-state index contributed by atoms with van der Waals surface area (Å²) in [5, 5.41) is 3.41. The second-order valence-electron chi connectivity index (χ2n) is 6.08. The van der Waals surface area contributed by atoms with Gasteiger partial charge < -0.3 is 15.0 Å². The normalized spacial score (nSPS) is 11.8. The van der Waals surface area contributed by atoms with Crippen molar-refractivity contribution in [2.45, 2.75) is 5.41 Å². The zero-order chi connectivity index (χ0) is 16.5. The van der Waals surface area contributed by atoms with Crippen molar-refractivity contribution >= 4 is 0 Å². The van der Waals surface area contributed by atoms with E-state index in [4.69, 9.17) is 4.74 Å². The molecule has 0 bridgehead atoms. The van der Waals surface area contributed by atoms with Crippen LogP contribution < -0.4 is 5.32 Å². The fourth-order valence-electron chi connectivity index (χ4n) is 3.21. The van der Waals surface area contributed by atoms with Crippen molar-refractivity contribution in [3.8, 4) is 0 Å². The first-order chi connectivity index (χ1) is 11.2. The molecule has 2 rings (SSSR count). The number of rotatable bonds is 9. The molecule has 0 amide bonds. The highest BCUT2D eigenvalue weighted by molar-refractivity contribution is 5.40. The second kappa shape index (κ2) is 8.82. The van der Waals surface area contributed by atoms with Gasteiger partial charge in [-0.25, -0.2) is 0 Å². The molecule has 3 heteroatoms. The first kappa shape index (κ1) is 17.7. The first-order valence-corrected chi connectivity index (χ1v) is 8.16. The van der Waals surface area contributed by atoms with Gasteiger partial charge in [-0.15, -0.1) is 0 Å². The van der Waals surface area contributed by atoms with Crippen molar-refractivity contribution < 1.29 is 4.74 Å². The molecule has 1 N–H and O–H groups in total. The van der Waals surface area contributed by atoms with Gasteiger partial charge in [-0.1, -0.05) is 60.7 Å². The fourth-order valence-corrected chi connectivity index (χ4v) is 3.21. The zero-order valence-corrected chi connectivity index (χ0v) is 14.5. The second-order valence-corrected chi connectivity index (χ2v) is 6.08. The monoisotopic (exact) mass is 312 g/mol. The van der Waals surface area contributed by atoms with Crippen LogP contribution in [0, 0.1) is 0 Å². The molecule has 0 unspecified atom stereocenters. The van der Waals surface area contributed by atoms with Gasteiger partial charge in [-0.3, -0.25) is 0 Å². The molecular weight excluding hydrogens is 284 g/mol. The molecule has 124 valence electrons. The predicted octanol–water partition coefficient (Wildman–Crippen LogP) is 2.77. The van der Waals surface area contributed by atoms with Crippen LogP contribution in [0.4, 0.5) is 0 Å². The molecule has 0 aliphatic heterocycles. The predicted molar refractivity (Wildman–Crippen MR) is 97.0 cm³/mol. The lowest BCUT2D eigenvalue weighted by Gasteiger charge is -2.38. The summed E-state index contributed by atoms with van der Waals surface area (Å²) in [6, 6.07) is 21.6. The third-order valence-electron chi connectivity index (χ3n) is 4.35. The van der Waals surface area contributed by atoms with E-state index >= 15 is 0 Å². The Morgan fingerprint density at radius 2 is 1.48 bits per heavy atom. The summed E-state index contributed by atoms with van der Waals surface area (Å²) in [5.41, 5.74) is 2.59. The van der Waals surface area contributed by atoms with Gasteiger partial charge in [0.25, 0.3) is 0 Å². The Balaban J connectivity index is 2.43. The van der Waals surface area contributed by atoms with E-state index in [9.17, 15) is 0 Å². The van der Waals surface area contributed by atoms with Crippen LogP contribution in [-0.4, -0.2) is 52.3 Å². The van der Waals surface area contributed by atoms with E-state index in [0.717, 1.165) is 26.2 Å². The number of hydrogen-bond donors (Lipinski definition) is 1. The van der Waals surface area contributed by atoms with Gasteiger partial charge in [0.1, 0.15) is 0 Å². The summed E-state index contributed by atoms with van der Waals surface area (Å²) in [4.78, 5) is 2.35. The topological polar surface area (TPSA) is 24.5 Å². The highest BCUT2D eigenvalue weighted by Crippen LogP contribution is 2.32. The molecule has 0 aromatic heterocycles. The SMILES string of the molecule is CNCC(CN(C)CCOC)(c1ccccc1)c1ccccc1. The van der Waals surface area contributed by atoms with Gasteiger partial charge in [0.05, 0.1) is 6.61 Å². The van der Waals surface area contributed by atoms with E-state index in [0.29, 0.717) is 0 Å². The van der Waals surface area contributed by atoms with Crippen LogP contribution in [0.3, 0.4) is 0 Å². The Morgan fingerprint density at radius 3 is 1.91 bits per heavy atom. The molecule has 0 atom stereocenters. The molecule has 0 heterocycles. The molecule has 0 aliphatic rings. The molecule has 0 fully saturated rings. The van der Waals surface area contributed by atoms with Crippen LogP contribution in [0.2, 0.25) is 0 Å². The Bertz CT molecular complexity index is 517. The number of nitrogens with zero attached hydrogens (tertiary/aromatic N) is 1. The number of methoxy groups -OCH3 is 1. The largest absolute Gasteiger partial charge is 0.383 e. The van der Waals surface area contributed by atoms with E-state index in [2.05, 4.69) is 77.9 Å². The van der Waals surface area contributed by atoms with Gasteiger partial charge in [0, 0.05) is 32.2 Å². The maximum Gasteiger partial charge on any atom is 0.0589 e. The van der Waals surface area contributed by atoms with Crippen LogP contribution in [-0.2, 0) is 10.2 Å². The third kappa shape index (κ3) is 4.41. The Labute approximate surface area is 140 Å². The fraction of sp³-hybridized carbons (Fsp3) is 0.400. The Hall–Kier alpha value is -1.68. The van der Waals surface area contributed by atoms with Gasteiger partial charge in [-0.2, -0.15) is 0 Å². The molecular formula is C20H28N2O. The lowest BCUT2D eigenvalue weighted by atomic mass is 9.74. The minimum atomic E-state index is -0.0836. The molecule has 0 saturated carbocycles. The maximum atomic E-state index is 5.24. The minimum Gasteiger partial charge on any atom is -0.383 e. The molecule has 2 aromatic carbocycles. The minimum absolute atomic E-state index is 0.0836. The number of ether oxygens (including phenoxy) is 1. The number of benzene rings is 2. The molecule has 3 nitrogen and oxygen atoms in total. The van der Waals surface area contributed by atoms with Crippen LogP contribution in [0.15, 0.2) is 60.7 Å². The quantitative estimate of drug-likeness (QED) is 0.770. The van der Waals surface area contributed by atoms with Gasteiger partial charge in [-0.05, 0) is 25.2 Å². The smallest absolute Gasteiger partial charge is 0.0589 e. The van der Waals surface area contributed by atoms with Crippen LogP contribution in [0.1, 0.15) is 11.1 Å². The average molecular weight is 312 g/mol. The highest BCUT2D eigenvalue weighted by atomic mass is 16.5. The molecule has 23 heavy (non-hydrogen) atoms. The summed E-state index contributed by atoms with van der Waals surface area (Å²) >= 11 is 0. The lowest BCUT2D eigenvalue weighted by molar-refractivity contribution is 0.150. The van der Waals surface area contributed by atoms with Crippen molar-refractivity contribution in [2.24, 2.45) is 0 Å². The van der Waals surface area contributed by atoms with E-state index in [-0.39, 0.29) is 5.41 Å². The van der Waals surface area contributed by atoms with Gasteiger partial charge >= 0.3 is 0 Å². The number of likely N-dealkylation sites (N-methyl/N-ethyl adjacent to an activating group) is 2. The Kier molecular flexibility index (Phi) is 6.78. The third-order valence-corrected chi connectivity index (χ3v) is 4.35. The van der Waals surface area contributed by atoms with E-state index in [1.165, 1.54) is 11.1 Å². The average Bonchev–Trinajstić information content (AvgIpc) is 2.61. The van der Waals surface area contributed by atoms with Crippen LogP contribution >= 0.6 is 0 Å². The van der Waals surface area contributed by atoms with Crippen molar-refractivity contribution in [3.05, 3.63) is 71.8 Å². The zero-order valence-electron chi connectivity index (χ0n) is 14.5. The van der Waals surface area contributed by atoms with E-state index in [1.807, 2.05) is 7.05 Å².